The van der Waals surface area contributed by atoms with Crippen LogP contribution in [0.15, 0.2) is 127 Å². The summed E-state index contributed by atoms with van der Waals surface area (Å²) in [6.45, 7) is 5.09. The van der Waals surface area contributed by atoms with Gasteiger partial charge in [-0.3, -0.25) is 9.69 Å². The number of carbonyl (C=O) groups excluding carboxylic acids is 1. The van der Waals surface area contributed by atoms with Crippen molar-refractivity contribution in [2.24, 2.45) is 0 Å². The average Bonchev–Trinajstić information content (AvgIpc) is 3.39. The summed E-state index contributed by atoms with van der Waals surface area (Å²) >= 11 is 0. The lowest BCUT2D eigenvalue weighted by molar-refractivity contribution is -0.120. The van der Waals surface area contributed by atoms with Crippen LogP contribution in [0.25, 0.3) is 22.3 Å². The van der Waals surface area contributed by atoms with Gasteiger partial charge in [0.1, 0.15) is 11.2 Å². The Labute approximate surface area is 265 Å². The van der Waals surface area contributed by atoms with Crippen molar-refractivity contribution in [3.63, 3.8) is 0 Å². The highest BCUT2D eigenvalue weighted by atomic mass is 19.1. The number of unbranched alkanes of at least 4 members (excludes halogenated alkanes) is 1. The van der Waals surface area contributed by atoms with Crippen molar-refractivity contribution in [2.45, 2.75) is 24.7 Å². The molecule has 5 aromatic carbocycles. The number of piperazine rings is 1. The Morgan fingerprint density at radius 2 is 1.22 bits per heavy atom. The number of nitrogens with zero attached hydrogens (tertiary/aromatic N) is 2. The second-order valence-electron chi connectivity index (χ2n) is 12.2. The normalized spacial score (nSPS) is 15.4. The van der Waals surface area contributed by atoms with Crippen LogP contribution in [0.4, 0.5) is 15.8 Å². The van der Waals surface area contributed by atoms with Crippen molar-refractivity contribution in [1.82, 2.24) is 4.90 Å². The zero-order valence-corrected chi connectivity index (χ0v) is 25.5. The molecule has 7 rings (SSSR count). The van der Waals surface area contributed by atoms with Crippen LogP contribution < -0.4 is 10.2 Å². The lowest BCUT2D eigenvalue weighted by atomic mass is 9.73. The second kappa shape index (κ2) is 12.7. The third kappa shape index (κ3) is 5.76. The number of nitrogens with one attached hydrogen (secondary N) is 1. The van der Waals surface area contributed by atoms with E-state index >= 15 is 0 Å². The Kier molecular flexibility index (Phi) is 8.19. The van der Waals surface area contributed by atoms with Gasteiger partial charge in [0.05, 0.1) is 0 Å². The lowest BCUT2D eigenvalue weighted by Gasteiger charge is -2.36. The summed E-state index contributed by atoms with van der Waals surface area (Å²) < 4.78 is 13.6. The van der Waals surface area contributed by atoms with E-state index < -0.39 is 5.41 Å². The predicted molar refractivity (Wildman–Crippen MR) is 182 cm³/mol. The highest BCUT2D eigenvalue weighted by Gasteiger charge is 2.48. The molecule has 1 saturated heterocycles. The Bertz CT molecular complexity index is 1710. The first-order valence-corrected chi connectivity index (χ1v) is 16.0. The monoisotopic (exact) mass is 595 g/mol. The highest BCUT2D eigenvalue weighted by Crippen LogP contribution is 2.52. The van der Waals surface area contributed by atoms with E-state index in [0.717, 1.165) is 67.8 Å². The highest BCUT2D eigenvalue weighted by molar-refractivity contribution is 6.07. The number of hydrogen-bond donors (Lipinski definition) is 1. The summed E-state index contributed by atoms with van der Waals surface area (Å²) in [6, 6.07) is 42.1. The molecule has 1 aliphatic carbocycles. The first kappa shape index (κ1) is 29.0. The van der Waals surface area contributed by atoms with Crippen molar-refractivity contribution < 1.29 is 9.18 Å². The van der Waals surface area contributed by atoms with Gasteiger partial charge in [0.15, 0.2) is 0 Å². The number of anilines is 2. The van der Waals surface area contributed by atoms with Gasteiger partial charge in [-0.1, -0.05) is 97.4 Å². The van der Waals surface area contributed by atoms with E-state index in [4.69, 9.17) is 0 Å². The zero-order valence-electron chi connectivity index (χ0n) is 25.5. The van der Waals surface area contributed by atoms with Crippen LogP contribution in [0.5, 0.6) is 0 Å². The van der Waals surface area contributed by atoms with Crippen molar-refractivity contribution in [2.75, 3.05) is 42.9 Å². The number of carbonyl (C=O) groups is 1. The molecule has 4 nitrogen and oxygen atoms in total. The minimum absolute atomic E-state index is 0.0570. The molecule has 1 heterocycles. The predicted octanol–water partition coefficient (Wildman–Crippen LogP) is 8.39. The number of amides is 1. The second-order valence-corrected chi connectivity index (χ2v) is 12.2. The number of halogens is 1. The Morgan fingerprint density at radius 3 is 1.87 bits per heavy atom. The van der Waals surface area contributed by atoms with Gasteiger partial charge in [-0.05, 0) is 89.2 Å². The fourth-order valence-electron chi connectivity index (χ4n) is 7.17. The molecule has 0 bridgehead atoms. The van der Waals surface area contributed by atoms with Crippen LogP contribution in [-0.2, 0) is 10.2 Å². The molecule has 1 amide bonds. The van der Waals surface area contributed by atoms with Crippen molar-refractivity contribution in [3.8, 4) is 22.3 Å². The van der Waals surface area contributed by atoms with Gasteiger partial charge in [-0.25, -0.2) is 4.39 Å². The molecule has 0 unspecified atom stereocenters. The molecule has 5 aromatic rings. The minimum atomic E-state index is -0.799. The summed E-state index contributed by atoms with van der Waals surface area (Å²) in [4.78, 5) is 19.3. The van der Waals surface area contributed by atoms with E-state index in [2.05, 4.69) is 94.0 Å². The van der Waals surface area contributed by atoms with Crippen LogP contribution in [0.2, 0.25) is 0 Å². The summed E-state index contributed by atoms with van der Waals surface area (Å²) in [5.74, 6) is -0.375. The first-order chi connectivity index (χ1) is 22.1. The smallest absolute Gasteiger partial charge is 0.239 e. The summed E-state index contributed by atoms with van der Waals surface area (Å²) in [5.41, 5.74) is 7.92. The topological polar surface area (TPSA) is 35.6 Å². The molecule has 1 aliphatic heterocycles. The molecule has 0 radical (unpaired) electrons. The third-order valence-electron chi connectivity index (χ3n) is 9.54. The van der Waals surface area contributed by atoms with Crippen molar-refractivity contribution >= 4 is 17.3 Å². The van der Waals surface area contributed by atoms with Gasteiger partial charge in [-0.15, -0.1) is 0 Å². The van der Waals surface area contributed by atoms with Crippen LogP contribution in [-0.4, -0.2) is 43.5 Å². The zero-order chi connectivity index (χ0) is 30.6. The van der Waals surface area contributed by atoms with Crippen LogP contribution in [0, 0.1) is 5.82 Å². The van der Waals surface area contributed by atoms with Gasteiger partial charge in [0.25, 0.3) is 0 Å². The van der Waals surface area contributed by atoms with Gasteiger partial charge < -0.3 is 10.2 Å². The van der Waals surface area contributed by atoms with Gasteiger partial charge in [-0.2, -0.15) is 0 Å². The maximum Gasteiger partial charge on any atom is 0.239 e. The molecule has 1 N–H and O–H groups in total. The van der Waals surface area contributed by atoms with E-state index in [9.17, 15) is 9.18 Å². The maximum atomic E-state index is 14.3. The van der Waals surface area contributed by atoms with E-state index in [-0.39, 0.29) is 11.7 Å². The van der Waals surface area contributed by atoms with E-state index in [1.807, 2.05) is 24.3 Å². The number of hydrogen-bond acceptors (Lipinski definition) is 3. The minimum Gasteiger partial charge on any atom is -0.369 e. The molecule has 0 aromatic heterocycles. The van der Waals surface area contributed by atoms with Crippen molar-refractivity contribution in [3.05, 3.63) is 144 Å². The van der Waals surface area contributed by atoms with Crippen LogP contribution >= 0.6 is 0 Å². The molecular formula is C40H38FN3O. The number of rotatable bonds is 9. The molecule has 2 aliphatic rings. The molecule has 0 spiro atoms. The van der Waals surface area contributed by atoms with E-state index in [1.165, 1.54) is 28.9 Å². The molecular weight excluding hydrogens is 557 g/mol. The first-order valence-electron chi connectivity index (χ1n) is 16.0. The Morgan fingerprint density at radius 1 is 0.644 bits per heavy atom. The van der Waals surface area contributed by atoms with Gasteiger partial charge >= 0.3 is 0 Å². The quantitative estimate of drug-likeness (QED) is 0.174. The van der Waals surface area contributed by atoms with Gasteiger partial charge in [0, 0.05) is 37.6 Å². The fourth-order valence-corrected chi connectivity index (χ4v) is 7.17. The van der Waals surface area contributed by atoms with Crippen molar-refractivity contribution in [1.29, 1.82) is 0 Å². The third-order valence-corrected chi connectivity index (χ3v) is 9.54. The fraction of sp³-hybridized carbons (Fsp3) is 0.225. The SMILES string of the molecule is O=C(Nc1ccc(F)cc1)C1(CCCCN2CCN(c3ccc(-c4ccccc4)cc3)CC2)c2ccccc2-c2ccccc21. The maximum absolute atomic E-state index is 14.3. The molecule has 226 valence electrons. The largest absolute Gasteiger partial charge is 0.369 e. The molecule has 1 fully saturated rings. The summed E-state index contributed by atoms with van der Waals surface area (Å²) in [7, 11) is 0. The van der Waals surface area contributed by atoms with E-state index in [1.54, 1.807) is 12.1 Å². The lowest BCUT2D eigenvalue weighted by Crippen LogP contribution is -2.46. The molecule has 45 heavy (non-hydrogen) atoms. The van der Waals surface area contributed by atoms with Gasteiger partial charge in [0.2, 0.25) is 5.91 Å². The Balaban J connectivity index is 1.01. The molecule has 0 saturated carbocycles. The Hall–Kier alpha value is -4.74. The molecule has 5 heteroatoms. The average molecular weight is 596 g/mol. The molecule has 0 atom stereocenters. The van der Waals surface area contributed by atoms with E-state index in [0.29, 0.717) is 12.1 Å². The standard InChI is InChI=1S/C40H38FN3O/c41-32-18-20-33(21-19-32)42-39(45)40(37-14-6-4-12-35(37)36-13-5-7-15-38(36)40)24-8-9-25-43-26-28-44(29-27-43)34-22-16-31(17-23-34)30-10-2-1-3-11-30/h1-7,10-23H,8-9,24-29H2,(H,42,45). The van der Waals surface area contributed by atoms with Crippen LogP contribution in [0.1, 0.15) is 30.4 Å². The van der Waals surface area contributed by atoms with Crippen LogP contribution in [0.3, 0.4) is 0 Å². The number of benzene rings is 5. The number of fused-ring (bicyclic) bond motifs is 3. The summed E-state index contributed by atoms with van der Waals surface area (Å²) in [5, 5.41) is 3.14. The summed E-state index contributed by atoms with van der Waals surface area (Å²) in [6.07, 6.45) is 2.64.